The van der Waals surface area contributed by atoms with Crippen molar-refractivity contribution in [3.8, 4) is 0 Å². The number of piperidine rings is 1. The summed E-state index contributed by atoms with van der Waals surface area (Å²) in [6.45, 7) is 5.42. The van der Waals surface area contributed by atoms with Crippen molar-refractivity contribution in [2.75, 3.05) is 25.0 Å². The van der Waals surface area contributed by atoms with Crippen LogP contribution < -0.4 is 10.6 Å². The Balaban J connectivity index is 1.67. The van der Waals surface area contributed by atoms with E-state index >= 15 is 0 Å². The van der Waals surface area contributed by atoms with E-state index in [1.165, 1.54) is 44.4 Å². The number of thiocarbonyl (C=S) groups is 1. The Morgan fingerprint density at radius 3 is 3.00 bits per heavy atom. The van der Waals surface area contributed by atoms with Crippen molar-refractivity contribution in [2.24, 2.45) is 0 Å². The van der Waals surface area contributed by atoms with Crippen LogP contribution in [0, 0.1) is 5.82 Å². The maximum Gasteiger partial charge on any atom is 0.170 e. The first-order valence-electron chi connectivity index (χ1n) is 8.34. The Morgan fingerprint density at radius 2 is 2.26 bits per heavy atom. The Hall–Kier alpha value is -0.910. The van der Waals surface area contributed by atoms with Gasteiger partial charge in [0.2, 0.25) is 0 Å². The van der Waals surface area contributed by atoms with Crippen molar-refractivity contribution >= 4 is 34.6 Å². The summed E-state index contributed by atoms with van der Waals surface area (Å²) in [6, 6.07) is 5.23. The molecule has 1 aromatic rings. The molecule has 1 unspecified atom stereocenters. The number of benzene rings is 1. The van der Waals surface area contributed by atoms with Gasteiger partial charge in [-0.25, -0.2) is 4.39 Å². The number of rotatable bonds is 6. The molecule has 0 amide bonds. The van der Waals surface area contributed by atoms with Crippen molar-refractivity contribution in [3.05, 3.63) is 29.0 Å². The van der Waals surface area contributed by atoms with E-state index < -0.39 is 5.82 Å². The lowest BCUT2D eigenvalue weighted by Crippen LogP contribution is -2.40. The Kier molecular flexibility index (Phi) is 7.53. The molecule has 0 saturated carbocycles. The summed E-state index contributed by atoms with van der Waals surface area (Å²) >= 11 is 11.0. The molecule has 0 aliphatic carbocycles. The predicted molar refractivity (Wildman–Crippen MR) is 99.8 cm³/mol. The maximum atomic E-state index is 13.1. The van der Waals surface area contributed by atoms with Gasteiger partial charge in [0.05, 0.1) is 5.02 Å². The van der Waals surface area contributed by atoms with E-state index in [0.29, 0.717) is 10.8 Å². The minimum absolute atomic E-state index is 0.0912. The van der Waals surface area contributed by atoms with Crippen molar-refractivity contribution < 1.29 is 4.39 Å². The topological polar surface area (TPSA) is 27.3 Å². The second kappa shape index (κ2) is 9.40. The van der Waals surface area contributed by atoms with Crippen LogP contribution in [0.15, 0.2) is 18.2 Å². The zero-order valence-electron chi connectivity index (χ0n) is 13.6. The molecule has 1 aliphatic rings. The van der Waals surface area contributed by atoms with Gasteiger partial charge in [-0.15, -0.1) is 0 Å². The summed E-state index contributed by atoms with van der Waals surface area (Å²) in [5, 5.41) is 6.85. The van der Waals surface area contributed by atoms with E-state index in [-0.39, 0.29) is 5.02 Å². The normalized spacial score (nSPS) is 18.7. The molecule has 1 heterocycles. The molecule has 2 N–H and O–H groups in total. The van der Waals surface area contributed by atoms with Gasteiger partial charge in [-0.1, -0.05) is 24.9 Å². The van der Waals surface area contributed by atoms with E-state index in [1.54, 1.807) is 6.07 Å². The van der Waals surface area contributed by atoms with Gasteiger partial charge in [0.15, 0.2) is 5.11 Å². The summed E-state index contributed by atoms with van der Waals surface area (Å²) in [6.07, 6.45) is 6.30. The lowest BCUT2D eigenvalue weighted by atomic mass is 10.00. The zero-order valence-corrected chi connectivity index (χ0v) is 15.2. The molecule has 0 radical (unpaired) electrons. The third-order valence-electron chi connectivity index (χ3n) is 4.31. The van der Waals surface area contributed by atoms with E-state index in [4.69, 9.17) is 23.8 Å². The van der Waals surface area contributed by atoms with Gasteiger partial charge >= 0.3 is 0 Å². The highest BCUT2D eigenvalue weighted by Crippen LogP contribution is 2.20. The van der Waals surface area contributed by atoms with E-state index in [1.807, 2.05) is 0 Å². The fourth-order valence-corrected chi connectivity index (χ4v) is 3.45. The first-order chi connectivity index (χ1) is 11.1. The molecule has 128 valence electrons. The molecular formula is C17H25ClFN3S. The molecule has 1 saturated heterocycles. The highest BCUT2D eigenvalue weighted by atomic mass is 35.5. The number of anilines is 1. The summed E-state index contributed by atoms with van der Waals surface area (Å²) < 4.78 is 13.1. The van der Waals surface area contributed by atoms with Gasteiger partial charge in [-0.2, -0.15) is 0 Å². The van der Waals surface area contributed by atoms with E-state index in [0.717, 1.165) is 25.6 Å². The molecule has 6 heteroatoms. The number of nitrogens with one attached hydrogen (secondary N) is 2. The van der Waals surface area contributed by atoms with E-state index in [2.05, 4.69) is 22.5 Å². The van der Waals surface area contributed by atoms with Crippen molar-refractivity contribution in [1.29, 1.82) is 0 Å². The van der Waals surface area contributed by atoms with Crippen LogP contribution >= 0.6 is 23.8 Å². The SMILES string of the molecule is CCC1CCCCN1CCCNC(=S)Nc1ccc(F)c(Cl)c1. The van der Waals surface area contributed by atoms with Crippen LogP contribution in [0.3, 0.4) is 0 Å². The van der Waals surface area contributed by atoms with Crippen molar-refractivity contribution in [2.45, 2.75) is 45.1 Å². The second-order valence-corrected chi connectivity index (χ2v) is 6.77. The molecule has 1 aromatic carbocycles. The number of likely N-dealkylation sites (tertiary alicyclic amines) is 1. The predicted octanol–water partition coefficient (Wildman–Crippen LogP) is 4.42. The van der Waals surface area contributed by atoms with Gasteiger partial charge in [0, 0.05) is 24.8 Å². The standard InChI is InChI=1S/C17H25ClFN3S/c1-2-14-6-3-4-10-22(14)11-5-9-20-17(23)21-13-7-8-16(19)15(18)12-13/h7-8,12,14H,2-6,9-11H2,1H3,(H2,20,21,23). The average molecular weight is 358 g/mol. The summed E-state index contributed by atoms with van der Waals surface area (Å²) in [7, 11) is 0. The van der Waals surface area contributed by atoms with Crippen LogP contribution in [-0.4, -0.2) is 35.7 Å². The molecular weight excluding hydrogens is 333 g/mol. The zero-order chi connectivity index (χ0) is 16.7. The summed E-state index contributed by atoms with van der Waals surface area (Å²) in [4.78, 5) is 2.60. The van der Waals surface area contributed by atoms with Gasteiger partial charge in [-0.05, 0) is 62.6 Å². The van der Waals surface area contributed by atoms with E-state index in [9.17, 15) is 4.39 Å². The minimum atomic E-state index is -0.428. The molecule has 1 fully saturated rings. The highest BCUT2D eigenvalue weighted by molar-refractivity contribution is 7.80. The number of hydrogen-bond acceptors (Lipinski definition) is 2. The fraction of sp³-hybridized carbons (Fsp3) is 0.588. The first-order valence-corrected chi connectivity index (χ1v) is 9.12. The molecule has 0 aromatic heterocycles. The quantitative estimate of drug-likeness (QED) is 0.582. The highest BCUT2D eigenvalue weighted by Gasteiger charge is 2.19. The summed E-state index contributed by atoms with van der Waals surface area (Å²) in [5.41, 5.74) is 0.691. The van der Waals surface area contributed by atoms with Crippen LogP contribution in [-0.2, 0) is 0 Å². The lowest BCUT2D eigenvalue weighted by molar-refractivity contribution is 0.143. The van der Waals surface area contributed by atoms with Crippen LogP contribution in [0.1, 0.15) is 39.0 Å². The fourth-order valence-electron chi connectivity index (χ4n) is 3.05. The number of hydrogen-bond donors (Lipinski definition) is 2. The largest absolute Gasteiger partial charge is 0.362 e. The molecule has 0 spiro atoms. The Morgan fingerprint density at radius 1 is 1.43 bits per heavy atom. The molecule has 23 heavy (non-hydrogen) atoms. The van der Waals surface area contributed by atoms with Crippen LogP contribution in [0.25, 0.3) is 0 Å². The number of nitrogens with zero attached hydrogens (tertiary/aromatic N) is 1. The first kappa shape index (κ1) is 18.4. The van der Waals surface area contributed by atoms with Crippen LogP contribution in [0.4, 0.5) is 10.1 Å². The van der Waals surface area contributed by atoms with Crippen molar-refractivity contribution in [3.63, 3.8) is 0 Å². The summed E-state index contributed by atoms with van der Waals surface area (Å²) in [5.74, 6) is -0.428. The van der Waals surface area contributed by atoms with Gasteiger partial charge in [0.25, 0.3) is 0 Å². The molecule has 1 atom stereocenters. The average Bonchev–Trinajstić information content (AvgIpc) is 2.55. The molecule has 2 rings (SSSR count). The molecule has 0 bridgehead atoms. The Labute approximate surface area is 148 Å². The van der Waals surface area contributed by atoms with Crippen LogP contribution in [0.5, 0.6) is 0 Å². The number of halogens is 2. The van der Waals surface area contributed by atoms with Crippen molar-refractivity contribution in [1.82, 2.24) is 10.2 Å². The smallest absolute Gasteiger partial charge is 0.170 e. The van der Waals surface area contributed by atoms with Gasteiger partial charge in [0.1, 0.15) is 5.82 Å². The van der Waals surface area contributed by atoms with Gasteiger partial charge < -0.3 is 15.5 Å². The van der Waals surface area contributed by atoms with Crippen LogP contribution in [0.2, 0.25) is 5.02 Å². The molecule has 3 nitrogen and oxygen atoms in total. The lowest BCUT2D eigenvalue weighted by Gasteiger charge is -2.35. The monoisotopic (exact) mass is 357 g/mol. The molecule has 1 aliphatic heterocycles. The van der Waals surface area contributed by atoms with Gasteiger partial charge in [-0.3, -0.25) is 0 Å². The maximum absolute atomic E-state index is 13.1. The third-order valence-corrected chi connectivity index (χ3v) is 4.84. The third kappa shape index (κ3) is 5.90. The minimum Gasteiger partial charge on any atom is -0.362 e. The second-order valence-electron chi connectivity index (χ2n) is 5.96. The Bertz CT molecular complexity index is 527.